The Morgan fingerprint density at radius 2 is 1.79 bits per heavy atom. The summed E-state index contributed by atoms with van der Waals surface area (Å²) in [7, 11) is 0. The van der Waals surface area contributed by atoms with Crippen molar-refractivity contribution < 1.29 is 42.4 Å². The van der Waals surface area contributed by atoms with Gasteiger partial charge in [-0.15, -0.1) is 0 Å². The van der Waals surface area contributed by atoms with Crippen molar-refractivity contribution in [1.82, 2.24) is 0 Å². The molecule has 0 bridgehead atoms. The molecule has 6 N–H and O–H groups in total. The molecule has 1 unspecified atom stereocenters. The van der Waals surface area contributed by atoms with E-state index in [1.54, 1.807) is 13.8 Å². The summed E-state index contributed by atoms with van der Waals surface area (Å²) in [6.07, 6.45) is -6.50. The van der Waals surface area contributed by atoms with Gasteiger partial charge in [-0.1, -0.05) is 40.3 Å². The summed E-state index contributed by atoms with van der Waals surface area (Å²) in [5.74, 6) is -2.63. The number of alkyl halides is 3. The van der Waals surface area contributed by atoms with Crippen molar-refractivity contribution in [3.8, 4) is 0 Å². The van der Waals surface area contributed by atoms with Gasteiger partial charge < -0.3 is 31.2 Å². The molecule has 0 saturated carbocycles. The van der Waals surface area contributed by atoms with E-state index in [-0.39, 0.29) is 18.5 Å². The van der Waals surface area contributed by atoms with Crippen LogP contribution in [0, 0.1) is 17.3 Å². The molecular formula is C28H43F3N2O6. The van der Waals surface area contributed by atoms with E-state index >= 15 is 0 Å². The molecule has 1 rings (SSSR count). The number of Topliss-reactive ketones (excluding diaryl/α,β-unsaturated/α-hetero) is 1. The molecule has 6 atom stereocenters. The van der Waals surface area contributed by atoms with Crippen molar-refractivity contribution in [1.29, 1.82) is 0 Å². The van der Waals surface area contributed by atoms with Gasteiger partial charge in [-0.05, 0) is 44.3 Å². The normalized spacial score (nSPS) is 32.2. The zero-order chi connectivity index (χ0) is 30.3. The molecule has 0 aromatic carbocycles. The van der Waals surface area contributed by atoms with Gasteiger partial charge in [-0.3, -0.25) is 9.59 Å². The highest BCUT2D eigenvalue weighted by atomic mass is 19.4. The van der Waals surface area contributed by atoms with Crippen LogP contribution >= 0.6 is 0 Å². The summed E-state index contributed by atoms with van der Waals surface area (Å²) >= 11 is 0. The Balaban J connectivity index is 3.54. The van der Waals surface area contributed by atoms with Gasteiger partial charge in [-0.2, -0.15) is 13.2 Å². The predicted molar refractivity (Wildman–Crippen MR) is 142 cm³/mol. The lowest BCUT2D eigenvalue weighted by Gasteiger charge is -2.35. The van der Waals surface area contributed by atoms with E-state index in [4.69, 9.17) is 20.9 Å². The van der Waals surface area contributed by atoms with Crippen molar-refractivity contribution in [3.05, 3.63) is 47.6 Å². The van der Waals surface area contributed by atoms with Gasteiger partial charge in [0.05, 0.1) is 35.5 Å². The summed E-state index contributed by atoms with van der Waals surface area (Å²) in [5, 5.41) is 21.5. The zero-order valence-corrected chi connectivity index (χ0v) is 23.5. The fourth-order valence-electron chi connectivity index (χ4n) is 4.45. The fraction of sp³-hybridized carbons (Fsp3) is 0.643. The summed E-state index contributed by atoms with van der Waals surface area (Å²) in [5.41, 5.74) is 10.1. The Bertz CT molecular complexity index is 986. The zero-order valence-electron chi connectivity index (χ0n) is 23.5. The van der Waals surface area contributed by atoms with Crippen LogP contribution in [0.15, 0.2) is 47.6 Å². The number of rotatable bonds is 4. The van der Waals surface area contributed by atoms with Gasteiger partial charge in [0.15, 0.2) is 0 Å². The Labute approximate surface area is 228 Å². The number of aliphatic hydroxyl groups is 2. The second-order valence-corrected chi connectivity index (χ2v) is 11.0. The van der Waals surface area contributed by atoms with Crippen LogP contribution in [0.3, 0.4) is 0 Å². The molecule has 0 fully saturated rings. The van der Waals surface area contributed by atoms with Gasteiger partial charge in [-0.25, -0.2) is 0 Å². The average Bonchev–Trinajstić information content (AvgIpc) is 2.81. The van der Waals surface area contributed by atoms with Gasteiger partial charge >= 0.3 is 12.1 Å². The van der Waals surface area contributed by atoms with E-state index in [1.807, 2.05) is 0 Å². The van der Waals surface area contributed by atoms with Gasteiger partial charge in [0, 0.05) is 24.0 Å². The number of carbonyl (C=O) groups is 2. The topological polar surface area (TPSA) is 145 Å². The van der Waals surface area contributed by atoms with E-state index < -0.39 is 77.9 Å². The van der Waals surface area contributed by atoms with Gasteiger partial charge in [0.1, 0.15) is 18.1 Å². The fourth-order valence-corrected chi connectivity index (χ4v) is 4.45. The largest absolute Gasteiger partial charge is 0.468 e. The van der Waals surface area contributed by atoms with E-state index in [9.17, 15) is 33.0 Å². The number of aliphatic hydroxyl groups excluding tert-OH is 2. The summed E-state index contributed by atoms with van der Waals surface area (Å²) in [4.78, 5) is 26.0. The first-order valence-electron chi connectivity index (χ1n) is 12.8. The number of ether oxygens (including phenoxy) is 2. The second kappa shape index (κ2) is 14.1. The number of halogens is 3. The summed E-state index contributed by atoms with van der Waals surface area (Å²) in [6.45, 7) is 12.7. The van der Waals surface area contributed by atoms with Crippen LogP contribution in [0.5, 0.6) is 0 Å². The molecule has 11 heteroatoms. The molecule has 0 aromatic heterocycles. The summed E-state index contributed by atoms with van der Waals surface area (Å²) in [6, 6.07) is -0.966. The van der Waals surface area contributed by atoms with Crippen LogP contribution in [0.4, 0.5) is 13.2 Å². The monoisotopic (exact) mass is 560 g/mol. The lowest BCUT2D eigenvalue weighted by Crippen LogP contribution is -2.46. The van der Waals surface area contributed by atoms with Crippen molar-refractivity contribution >= 4 is 11.8 Å². The number of esters is 1. The van der Waals surface area contributed by atoms with Crippen LogP contribution in [0.1, 0.15) is 67.2 Å². The van der Waals surface area contributed by atoms with Crippen molar-refractivity contribution in [2.75, 3.05) is 0 Å². The molecule has 1 aliphatic rings. The predicted octanol–water partition coefficient (Wildman–Crippen LogP) is 4.17. The third-order valence-electron chi connectivity index (χ3n) is 7.01. The van der Waals surface area contributed by atoms with E-state index in [0.717, 1.165) is 6.08 Å². The quantitative estimate of drug-likeness (QED) is 0.174. The lowest BCUT2D eigenvalue weighted by atomic mass is 9.72. The number of hydrogen-bond acceptors (Lipinski definition) is 8. The SMILES string of the molecule is C=C(C)O/C=C(N)/C=C(\C)[C@@H]1C/C=C(/C(F)(F)F)CC(N)C[C@H](C)[C@H](O)[C@@H](C)C(=O)C(C)(C)[C@@H](O)CC(=O)O1. The highest BCUT2D eigenvalue weighted by molar-refractivity contribution is 5.88. The smallest absolute Gasteiger partial charge is 0.412 e. The molecule has 0 radical (unpaired) electrons. The maximum absolute atomic E-state index is 13.9. The number of cyclic esters (lactones) is 1. The van der Waals surface area contributed by atoms with E-state index in [1.165, 1.54) is 40.0 Å². The maximum atomic E-state index is 13.9. The molecule has 8 nitrogen and oxygen atoms in total. The Morgan fingerprint density at radius 3 is 2.33 bits per heavy atom. The van der Waals surface area contributed by atoms with Crippen molar-refractivity contribution in [3.63, 3.8) is 0 Å². The van der Waals surface area contributed by atoms with Crippen molar-refractivity contribution in [2.45, 2.75) is 97.8 Å². The highest BCUT2D eigenvalue weighted by Crippen LogP contribution is 2.34. The lowest BCUT2D eigenvalue weighted by molar-refractivity contribution is -0.154. The number of hydrogen-bond donors (Lipinski definition) is 4. The Kier molecular flexibility index (Phi) is 12.5. The first kappa shape index (κ1) is 34.4. The molecule has 0 amide bonds. The number of nitrogens with two attached hydrogens (primary N) is 2. The van der Waals surface area contributed by atoms with Crippen LogP contribution in [-0.4, -0.2) is 52.5 Å². The molecule has 222 valence electrons. The molecule has 39 heavy (non-hydrogen) atoms. The Morgan fingerprint density at radius 1 is 1.21 bits per heavy atom. The first-order chi connectivity index (χ1) is 17.8. The van der Waals surface area contributed by atoms with E-state index in [0.29, 0.717) is 11.3 Å². The number of ketones is 1. The average molecular weight is 561 g/mol. The minimum atomic E-state index is -4.70. The Hall–Kier alpha value is -2.63. The molecule has 1 aliphatic heterocycles. The van der Waals surface area contributed by atoms with Crippen LogP contribution < -0.4 is 11.5 Å². The van der Waals surface area contributed by atoms with Crippen LogP contribution in [-0.2, 0) is 19.1 Å². The van der Waals surface area contributed by atoms with Gasteiger partial charge in [0.2, 0.25) is 0 Å². The maximum Gasteiger partial charge on any atom is 0.412 e. The molecule has 0 saturated heterocycles. The van der Waals surface area contributed by atoms with Crippen LogP contribution in [0.2, 0.25) is 0 Å². The molecule has 0 aromatic rings. The molecule has 0 aliphatic carbocycles. The third-order valence-corrected chi connectivity index (χ3v) is 7.01. The minimum absolute atomic E-state index is 0.0244. The second-order valence-electron chi connectivity index (χ2n) is 11.0. The number of allylic oxidation sites excluding steroid dienone is 2. The third kappa shape index (κ3) is 10.5. The highest BCUT2D eigenvalue weighted by Gasteiger charge is 2.43. The minimum Gasteiger partial charge on any atom is -0.468 e. The molecule has 0 spiro atoms. The van der Waals surface area contributed by atoms with Crippen molar-refractivity contribution in [2.24, 2.45) is 28.7 Å². The molecule has 1 heterocycles. The summed E-state index contributed by atoms with van der Waals surface area (Å²) < 4.78 is 52.3. The van der Waals surface area contributed by atoms with Crippen LogP contribution in [0.25, 0.3) is 0 Å². The number of carbonyl (C=O) groups excluding carboxylic acids is 2. The molecular weight excluding hydrogens is 517 g/mol. The van der Waals surface area contributed by atoms with E-state index in [2.05, 4.69) is 6.58 Å². The first-order valence-corrected chi connectivity index (χ1v) is 12.8. The standard InChI is InChI=1S/C28H43F3N2O6/c1-15(2)38-14-21(33)10-16(3)22-9-8-19(28(29,30)31)12-20(32)11-17(4)25(36)18(5)26(37)27(6,7)23(34)13-24(35)39-22/h8,10,14,17-18,20,22-23,25,34,36H,1,9,11-13,32-33H2,2-7H3/b16-10+,19-8+,21-14-/t17-,18+,20?,22-,23-,25-/m0/s1. The van der Waals surface area contributed by atoms with Gasteiger partial charge in [0.25, 0.3) is 0 Å².